The molecule has 2 saturated heterocycles. The van der Waals surface area contributed by atoms with Gasteiger partial charge < -0.3 is 9.80 Å². The van der Waals surface area contributed by atoms with Crippen LogP contribution in [0, 0.1) is 10.8 Å². The third kappa shape index (κ3) is 1.56. The van der Waals surface area contributed by atoms with E-state index < -0.39 is 10.8 Å². The highest BCUT2D eigenvalue weighted by atomic mass is 16.2. The van der Waals surface area contributed by atoms with Gasteiger partial charge in [-0.3, -0.25) is 14.4 Å². The van der Waals surface area contributed by atoms with Crippen LogP contribution < -0.4 is 0 Å². The maximum Gasteiger partial charge on any atom is 0.254 e. The lowest BCUT2D eigenvalue weighted by Gasteiger charge is -2.54. The summed E-state index contributed by atoms with van der Waals surface area (Å²) in [5, 5.41) is 0. The van der Waals surface area contributed by atoms with Gasteiger partial charge in [-0.1, -0.05) is 12.1 Å². The molecule has 4 bridgehead atoms. The minimum Gasteiger partial charge on any atom is -0.336 e. The van der Waals surface area contributed by atoms with Crippen LogP contribution in [0.3, 0.4) is 0 Å². The fourth-order valence-corrected chi connectivity index (χ4v) is 4.40. The molecule has 0 saturated carbocycles. The van der Waals surface area contributed by atoms with Gasteiger partial charge in [-0.15, -0.1) is 0 Å². The van der Waals surface area contributed by atoms with Crippen LogP contribution in [-0.2, 0) is 4.79 Å². The van der Waals surface area contributed by atoms with E-state index in [4.69, 9.17) is 0 Å². The number of Topliss-reactive ketones (excluding diaryl/α,β-unsaturated/α-hetero) is 1. The molecule has 114 valence electrons. The fourth-order valence-electron chi connectivity index (χ4n) is 4.40. The molecule has 2 fully saturated rings. The summed E-state index contributed by atoms with van der Waals surface area (Å²) in [4.78, 5) is 42.1. The molecule has 0 aromatic heterocycles. The summed E-state index contributed by atoms with van der Waals surface area (Å²) in [7, 11) is 0. The molecule has 0 unspecified atom stereocenters. The van der Waals surface area contributed by atoms with Crippen molar-refractivity contribution in [2.45, 2.75) is 13.8 Å². The lowest BCUT2D eigenvalue weighted by Crippen LogP contribution is -2.68. The molecule has 0 radical (unpaired) electrons. The standard InChI is InChI=1S/C17H18N2O3/c1-16-7-18-9-17(2,15(16)22)10-19(8-16)14(21)12-6-4-3-5-11(12)13(18)20/h3-6H,7-10H2,1-2H3. The molecule has 22 heavy (non-hydrogen) atoms. The van der Waals surface area contributed by atoms with Gasteiger partial charge in [0.25, 0.3) is 11.8 Å². The van der Waals surface area contributed by atoms with Crippen molar-refractivity contribution in [3.63, 3.8) is 0 Å². The number of nitrogens with zero attached hydrogens (tertiary/aromatic N) is 2. The number of ketones is 1. The number of rotatable bonds is 0. The van der Waals surface area contributed by atoms with Crippen molar-refractivity contribution in [2.75, 3.05) is 26.2 Å². The topological polar surface area (TPSA) is 57.7 Å². The van der Waals surface area contributed by atoms with Gasteiger partial charge in [0.05, 0.1) is 22.0 Å². The Morgan fingerprint density at radius 3 is 1.50 bits per heavy atom. The van der Waals surface area contributed by atoms with Gasteiger partial charge in [0.15, 0.2) is 5.78 Å². The summed E-state index contributed by atoms with van der Waals surface area (Å²) < 4.78 is 0. The Hall–Kier alpha value is -2.17. The number of hydrogen-bond acceptors (Lipinski definition) is 3. The minimum absolute atomic E-state index is 0.141. The van der Waals surface area contributed by atoms with Crippen LogP contribution in [-0.4, -0.2) is 53.6 Å². The van der Waals surface area contributed by atoms with Gasteiger partial charge in [-0.05, 0) is 26.0 Å². The normalized spacial score (nSPS) is 33.6. The molecule has 5 rings (SSSR count). The average molecular weight is 298 g/mol. The van der Waals surface area contributed by atoms with Crippen LogP contribution in [0.5, 0.6) is 0 Å². The smallest absolute Gasteiger partial charge is 0.254 e. The molecule has 0 N–H and O–H groups in total. The molecule has 1 aromatic carbocycles. The molecule has 5 nitrogen and oxygen atoms in total. The van der Waals surface area contributed by atoms with Crippen molar-refractivity contribution in [3.8, 4) is 0 Å². The first kappa shape index (κ1) is 13.5. The quantitative estimate of drug-likeness (QED) is 0.723. The fraction of sp³-hybridized carbons (Fsp3) is 0.471. The highest BCUT2D eigenvalue weighted by Gasteiger charge is 2.58. The van der Waals surface area contributed by atoms with Crippen molar-refractivity contribution >= 4 is 17.6 Å². The summed E-state index contributed by atoms with van der Waals surface area (Å²) in [6.45, 7) is 5.30. The molecule has 4 aliphatic rings. The van der Waals surface area contributed by atoms with Gasteiger partial charge in [0.2, 0.25) is 0 Å². The van der Waals surface area contributed by atoms with E-state index in [0.29, 0.717) is 37.3 Å². The van der Waals surface area contributed by atoms with Crippen molar-refractivity contribution < 1.29 is 14.4 Å². The Morgan fingerprint density at radius 2 is 1.14 bits per heavy atom. The van der Waals surface area contributed by atoms with E-state index in [9.17, 15) is 14.4 Å². The Morgan fingerprint density at radius 1 is 0.773 bits per heavy atom. The molecule has 1 aromatic rings. The Kier molecular flexibility index (Phi) is 2.43. The zero-order valence-electron chi connectivity index (χ0n) is 12.8. The van der Waals surface area contributed by atoms with E-state index in [1.165, 1.54) is 0 Å². The van der Waals surface area contributed by atoms with Crippen molar-refractivity contribution in [1.29, 1.82) is 0 Å². The van der Waals surface area contributed by atoms with Crippen LogP contribution >= 0.6 is 0 Å². The summed E-state index contributed by atoms with van der Waals surface area (Å²) in [5.74, 6) is -0.102. The predicted molar refractivity (Wildman–Crippen MR) is 79.5 cm³/mol. The molecule has 0 spiro atoms. The number of amides is 2. The molecule has 4 aliphatic heterocycles. The van der Waals surface area contributed by atoms with Crippen LogP contribution in [0.4, 0.5) is 0 Å². The Bertz CT molecular complexity index is 653. The van der Waals surface area contributed by atoms with E-state index in [0.717, 1.165) is 0 Å². The maximum absolute atomic E-state index is 12.9. The lowest BCUT2D eigenvalue weighted by atomic mass is 9.64. The van der Waals surface area contributed by atoms with Crippen LogP contribution in [0.15, 0.2) is 24.3 Å². The number of carbonyl (C=O) groups excluding carboxylic acids is 3. The van der Waals surface area contributed by atoms with Gasteiger partial charge in [-0.2, -0.15) is 0 Å². The SMILES string of the molecule is CC12CN3CC(C)(CN(C1)C(=O)c1ccccc1C3=O)C2=O. The molecule has 4 heterocycles. The van der Waals surface area contributed by atoms with E-state index in [1.807, 2.05) is 13.8 Å². The molecule has 0 aliphatic carbocycles. The number of hydrogen-bond donors (Lipinski definition) is 0. The van der Waals surface area contributed by atoms with Crippen molar-refractivity contribution in [3.05, 3.63) is 35.4 Å². The van der Waals surface area contributed by atoms with E-state index in [2.05, 4.69) is 0 Å². The third-order valence-electron chi connectivity index (χ3n) is 5.22. The lowest BCUT2D eigenvalue weighted by molar-refractivity contribution is -0.152. The van der Waals surface area contributed by atoms with Gasteiger partial charge in [0.1, 0.15) is 0 Å². The second-order valence-corrected chi connectivity index (χ2v) is 7.32. The first-order valence-electron chi connectivity index (χ1n) is 7.57. The average Bonchev–Trinajstić information content (AvgIpc) is 2.52. The highest BCUT2D eigenvalue weighted by Crippen LogP contribution is 2.44. The summed E-state index contributed by atoms with van der Waals surface area (Å²) >= 11 is 0. The Labute approximate surface area is 128 Å². The third-order valence-corrected chi connectivity index (χ3v) is 5.22. The first-order valence-corrected chi connectivity index (χ1v) is 7.57. The van der Waals surface area contributed by atoms with Crippen LogP contribution in [0.25, 0.3) is 0 Å². The molecule has 0 atom stereocenters. The van der Waals surface area contributed by atoms with E-state index in [-0.39, 0.29) is 17.6 Å². The molecular weight excluding hydrogens is 280 g/mol. The van der Waals surface area contributed by atoms with Gasteiger partial charge in [0, 0.05) is 26.2 Å². The minimum atomic E-state index is -0.668. The predicted octanol–water partition coefficient (Wildman–Crippen LogP) is 1.19. The molecule has 2 amide bonds. The number of carbonyl (C=O) groups is 3. The van der Waals surface area contributed by atoms with Crippen molar-refractivity contribution in [1.82, 2.24) is 9.80 Å². The van der Waals surface area contributed by atoms with Crippen molar-refractivity contribution in [2.24, 2.45) is 10.8 Å². The summed E-state index contributed by atoms with van der Waals surface area (Å²) in [6, 6.07) is 6.96. The van der Waals surface area contributed by atoms with E-state index >= 15 is 0 Å². The van der Waals surface area contributed by atoms with Gasteiger partial charge in [-0.25, -0.2) is 0 Å². The zero-order valence-corrected chi connectivity index (χ0v) is 12.8. The Balaban J connectivity index is 1.96. The second-order valence-electron chi connectivity index (χ2n) is 7.32. The monoisotopic (exact) mass is 298 g/mol. The van der Waals surface area contributed by atoms with Crippen LogP contribution in [0.2, 0.25) is 0 Å². The second kappa shape index (κ2) is 3.97. The zero-order chi connectivity index (χ0) is 15.7. The van der Waals surface area contributed by atoms with Crippen LogP contribution in [0.1, 0.15) is 34.6 Å². The first-order chi connectivity index (χ1) is 10.3. The maximum atomic E-state index is 12.9. The van der Waals surface area contributed by atoms with E-state index in [1.54, 1.807) is 34.1 Å². The molecular formula is C17H18N2O3. The number of piperidine rings is 2. The van der Waals surface area contributed by atoms with Gasteiger partial charge >= 0.3 is 0 Å². The highest BCUT2D eigenvalue weighted by molar-refractivity contribution is 6.09. The summed E-state index contributed by atoms with van der Waals surface area (Å²) in [6.07, 6.45) is 0. The largest absolute Gasteiger partial charge is 0.336 e. The number of benzene rings is 1. The summed E-state index contributed by atoms with van der Waals surface area (Å²) in [5.41, 5.74) is -0.447. The molecule has 5 heteroatoms.